The van der Waals surface area contributed by atoms with Crippen LogP contribution in [0.1, 0.15) is 0 Å². The van der Waals surface area contributed by atoms with E-state index in [4.69, 9.17) is 0 Å². The van der Waals surface area contributed by atoms with E-state index >= 15 is 0 Å². The SMILES string of the molecule is CNc1cc(Nc2ncc(F)c(-c3cn(C)c4ccccc34)n2)ccc1N(C)CCN(C)C. The lowest BCUT2D eigenvalue weighted by atomic mass is 10.1. The summed E-state index contributed by atoms with van der Waals surface area (Å²) in [4.78, 5) is 13.1. The molecule has 2 heterocycles. The Morgan fingerprint density at radius 2 is 1.85 bits per heavy atom. The average Bonchev–Trinajstić information content (AvgIpc) is 3.15. The van der Waals surface area contributed by atoms with Crippen LogP contribution in [0.5, 0.6) is 0 Å². The van der Waals surface area contributed by atoms with Crippen molar-refractivity contribution < 1.29 is 4.39 Å². The summed E-state index contributed by atoms with van der Waals surface area (Å²) in [6.45, 7) is 1.87. The second kappa shape index (κ2) is 9.46. The molecule has 0 fully saturated rings. The van der Waals surface area contributed by atoms with Crippen molar-refractivity contribution in [1.29, 1.82) is 0 Å². The largest absolute Gasteiger partial charge is 0.386 e. The van der Waals surface area contributed by atoms with E-state index in [0.717, 1.165) is 46.6 Å². The Bertz CT molecular complexity index is 1270. The molecule has 172 valence electrons. The molecule has 4 rings (SSSR count). The van der Waals surface area contributed by atoms with Crippen LogP contribution in [0.4, 0.5) is 27.4 Å². The van der Waals surface area contributed by atoms with Crippen LogP contribution in [0.15, 0.2) is 54.9 Å². The van der Waals surface area contributed by atoms with Gasteiger partial charge in [-0.2, -0.15) is 0 Å². The molecule has 0 spiro atoms. The van der Waals surface area contributed by atoms with E-state index in [1.54, 1.807) is 0 Å². The number of halogens is 1. The molecule has 0 radical (unpaired) electrons. The van der Waals surface area contributed by atoms with E-state index < -0.39 is 5.82 Å². The van der Waals surface area contributed by atoms with Crippen molar-refractivity contribution in [2.24, 2.45) is 7.05 Å². The van der Waals surface area contributed by atoms with Gasteiger partial charge >= 0.3 is 0 Å². The van der Waals surface area contributed by atoms with E-state index in [1.165, 1.54) is 6.20 Å². The van der Waals surface area contributed by atoms with Gasteiger partial charge in [0.15, 0.2) is 5.82 Å². The van der Waals surface area contributed by atoms with Gasteiger partial charge in [0, 0.05) is 62.6 Å². The Kier molecular flexibility index (Phi) is 6.46. The second-order valence-corrected chi connectivity index (χ2v) is 8.39. The minimum Gasteiger partial charge on any atom is -0.386 e. The maximum Gasteiger partial charge on any atom is 0.227 e. The molecule has 0 aliphatic carbocycles. The van der Waals surface area contributed by atoms with Gasteiger partial charge in [-0.1, -0.05) is 18.2 Å². The number of hydrogen-bond donors (Lipinski definition) is 2. The van der Waals surface area contributed by atoms with Gasteiger partial charge in [-0.15, -0.1) is 0 Å². The summed E-state index contributed by atoms with van der Waals surface area (Å²) in [6.07, 6.45) is 3.12. The first-order valence-electron chi connectivity index (χ1n) is 10.9. The predicted molar refractivity (Wildman–Crippen MR) is 135 cm³/mol. The summed E-state index contributed by atoms with van der Waals surface area (Å²) in [5.41, 5.74) is 4.94. The molecule has 4 aromatic rings. The topological polar surface area (TPSA) is 61.3 Å². The summed E-state index contributed by atoms with van der Waals surface area (Å²) in [6, 6.07) is 13.9. The van der Waals surface area contributed by atoms with Crippen LogP contribution in [0.3, 0.4) is 0 Å². The Hall–Kier alpha value is -3.65. The number of nitrogens with zero attached hydrogens (tertiary/aromatic N) is 5. The maximum atomic E-state index is 14.7. The molecule has 0 atom stereocenters. The Balaban J connectivity index is 1.62. The molecule has 33 heavy (non-hydrogen) atoms. The van der Waals surface area contributed by atoms with Crippen molar-refractivity contribution in [1.82, 2.24) is 19.4 Å². The van der Waals surface area contributed by atoms with Crippen molar-refractivity contribution >= 4 is 33.9 Å². The van der Waals surface area contributed by atoms with Crippen LogP contribution in [0.2, 0.25) is 0 Å². The van der Waals surface area contributed by atoms with Gasteiger partial charge in [0.1, 0.15) is 5.69 Å². The predicted octanol–water partition coefficient (Wildman–Crippen LogP) is 4.56. The van der Waals surface area contributed by atoms with Crippen molar-refractivity contribution in [3.8, 4) is 11.3 Å². The highest BCUT2D eigenvalue weighted by Crippen LogP contribution is 2.32. The van der Waals surface area contributed by atoms with Gasteiger partial charge in [-0.05, 0) is 38.4 Å². The summed E-state index contributed by atoms with van der Waals surface area (Å²) in [7, 11) is 10.0. The lowest BCUT2D eigenvalue weighted by molar-refractivity contribution is 0.416. The number of rotatable bonds is 8. The fourth-order valence-corrected chi connectivity index (χ4v) is 3.89. The number of likely N-dealkylation sites (N-methyl/N-ethyl adjacent to an activating group) is 2. The number of aromatic nitrogens is 3. The van der Waals surface area contributed by atoms with Gasteiger partial charge < -0.3 is 25.0 Å². The zero-order valence-corrected chi connectivity index (χ0v) is 19.7. The second-order valence-electron chi connectivity index (χ2n) is 8.39. The van der Waals surface area contributed by atoms with Gasteiger partial charge in [0.2, 0.25) is 5.95 Å². The zero-order valence-electron chi connectivity index (χ0n) is 19.7. The van der Waals surface area contributed by atoms with E-state index in [-0.39, 0.29) is 5.69 Å². The van der Waals surface area contributed by atoms with Crippen LogP contribution in [-0.2, 0) is 7.05 Å². The molecule has 0 saturated heterocycles. The third-order valence-electron chi connectivity index (χ3n) is 5.71. The first-order valence-corrected chi connectivity index (χ1v) is 10.9. The Morgan fingerprint density at radius 1 is 1.06 bits per heavy atom. The third kappa shape index (κ3) is 4.75. The van der Waals surface area contributed by atoms with Gasteiger partial charge in [0.05, 0.1) is 17.6 Å². The van der Waals surface area contributed by atoms with Crippen molar-refractivity contribution in [2.75, 3.05) is 56.8 Å². The number of hydrogen-bond acceptors (Lipinski definition) is 6. The lowest BCUT2D eigenvalue weighted by Crippen LogP contribution is -2.28. The molecule has 7 nitrogen and oxygen atoms in total. The first kappa shape index (κ1) is 22.5. The van der Waals surface area contributed by atoms with Crippen LogP contribution >= 0.6 is 0 Å². The number of anilines is 4. The van der Waals surface area contributed by atoms with E-state index in [2.05, 4.69) is 57.6 Å². The summed E-state index contributed by atoms with van der Waals surface area (Å²) in [5, 5.41) is 7.44. The monoisotopic (exact) mass is 447 g/mol. The van der Waals surface area contributed by atoms with E-state index in [1.807, 2.05) is 61.3 Å². The molecule has 0 saturated carbocycles. The molecule has 0 bridgehead atoms. The average molecular weight is 448 g/mol. The molecular weight excluding hydrogens is 417 g/mol. The Labute approximate surface area is 193 Å². The van der Waals surface area contributed by atoms with Gasteiger partial charge in [0.25, 0.3) is 0 Å². The molecule has 2 aromatic heterocycles. The molecular formula is C25H30FN7. The van der Waals surface area contributed by atoms with Crippen LogP contribution in [0, 0.1) is 5.82 Å². The van der Waals surface area contributed by atoms with Crippen molar-refractivity contribution in [2.45, 2.75) is 0 Å². The smallest absolute Gasteiger partial charge is 0.227 e. The fourth-order valence-electron chi connectivity index (χ4n) is 3.89. The normalized spacial score (nSPS) is 11.2. The third-order valence-corrected chi connectivity index (χ3v) is 5.71. The number of benzene rings is 2. The molecule has 0 aliphatic rings. The zero-order chi connectivity index (χ0) is 23.5. The highest BCUT2D eigenvalue weighted by molar-refractivity contribution is 5.95. The van der Waals surface area contributed by atoms with E-state index in [9.17, 15) is 4.39 Å². The number of para-hydroxylation sites is 1. The molecule has 8 heteroatoms. The van der Waals surface area contributed by atoms with E-state index in [0.29, 0.717) is 5.95 Å². The molecule has 0 aliphatic heterocycles. The van der Waals surface area contributed by atoms with Crippen LogP contribution < -0.4 is 15.5 Å². The molecule has 2 aromatic carbocycles. The Morgan fingerprint density at radius 3 is 2.61 bits per heavy atom. The number of aryl methyl sites for hydroxylation is 1. The van der Waals surface area contributed by atoms with Crippen LogP contribution in [0.25, 0.3) is 22.2 Å². The highest BCUT2D eigenvalue weighted by atomic mass is 19.1. The standard InChI is InChI=1S/C25H30FN7/c1-27-21-14-17(10-11-23(21)32(4)13-12-31(2)3)29-25-28-15-20(26)24(30-25)19-16-33(5)22-9-7-6-8-18(19)22/h6-11,14-16,27H,12-13H2,1-5H3,(H,28,29,30). The number of nitrogens with one attached hydrogen (secondary N) is 2. The first-order chi connectivity index (χ1) is 15.9. The molecule has 0 amide bonds. The van der Waals surface area contributed by atoms with Crippen molar-refractivity contribution in [3.05, 3.63) is 60.7 Å². The molecule has 0 unspecified atom stereocenters. The fraction of sp³-hybridized carbons (Fsp3) is 0.280. The van der Waals surface area contributed by atoms with Crippen LogP contribution in [-0.4, -0.2) is 60.7 Å². The minimum absolute atomic E-state index is 0.276. The maximum absolute atomic E-state index is 14.7. The molecule has 2 N–H and O–H groups in total. The lowest BCUT2D eigenvalue weighted by Gasteiger charge is -2.24. The quantitative estimate of drug-likeness (QED) is 0.413. The highest BCUT2D eigenvalue weighted by Gasteiger charge is 2.16. The van der Waals surface area contributed by atoms with Gasteiger partial charge in [-0.25, -0.2) is 14.4 Å². The minimum atomic E-state index is -0.453. The summed E-state index contributed by atoms with van der Waals surface area (Å²) in [5.74, 6) is -0.110. The summed E-state index contributed by atoms with van der Waals surface area (Å²) < 4.78 is 16.7. The van der Waals surface area contributed by atoms with Gasteiger partial charge in [-0.3, -0.25) is 0 Å². The summed E-state index contributed by atoms with van der Waals surface area (Å²) >= 11 is 0. The van der Waals surface area contributed by atoms with Crippen molar-refractivity contribution in [3.63, 3.8) is 0 Å². The number of fused-ring (bicyclic) bond motifs is 1.